The minimum Gasteiger partial charge on any atom is -0.465 e. The average Bonchev–Trinajstić information content (AvgIpc) is 3.07. The fourth-order valence-electron chi connectivity index (χ4n) is 1.92. The molecule has 0 radical (unpaired) electrons. The number of carbonyl (C=O) groups excluding carboxylic acids is 2. The normalized spacial score (nSPS) is 10.3. The number of nitrogens with one attached hydrogen (secondary N) is 1. The highest BCUT2D eigenvalue weighted by molar-refractivity contribution is 8.01. The minimum atomic E-state index is -0.380. The Labute approximate surface area is 155 Å². The molecule has 1 aromatic carbocycles. The molecule has 0 atom stereocenters. The van der Waals surface area contributed by atoms with Gasteiger partial charge in [-0.15, -0.1) is 11.3 Å². The number of amides is 1. The van der Waals surface area contributed by atoms with Crippen LogP contribution in [0, 0.1) is 0 Å². The predicted molar refractivity (Wildman–Crippen MR) is 99.3 cm³/mol. The molecule has 1 N–H and O–H groups in total. The Morgan fingerprint density at radius 1 is 1.16 bits per heavy atom. The summed E-state index contributed by atoms with van der Waals surface area (Å²) in [7, 11) is 1.37. The maximum Gasteiger partial charge on any atom is 0.407 e. The molecule has 0 fully saturated rings. The highest BCUT2D eigenvalue weighted by atomic mass is 32.2. The summed E-state index contributed by atoms with van der Waals surface area (Å²) in [6.45, 7) is 2.96. The molecule has 0 aliphatic carbocycles. The van der Waals surface area contributed by atoms with Crippen LogP contribution in [0.5, 0.6) is 0 Å². The first-order valence-electron chi connectivity index (χ1n) is 7.98. The predicted octanol–water partition coefficient (Wildman–Crippen LogP) is 4.71. The van der Waals surface area contributed by atoms with Gasteiger partial charge in [-0.1, -0.05) is 25.1 Å². The summed E-state index contributed by atoms with van der Waals surface area (Å²) >= 11 is 3.22. The van der Waals surface area contributed by atoms with E-state index in [1.54, 1.807) is 35.2 Å². The third kappa shape index (κ3) is 6.43. The van der Waals surface area contributed by atoms with Gasteiger partial charge in [-0.2, -0.15) is 0 Å². The third-order valence-corrected chi connectivity index (χ3v) is 5.49. The zero-order chi connectivity index (χ0) is 18.1. The number of rotatable bonds is 8. The first-order chi connectivity index (χ1) is 12.1. The number of esters is 1. The molecule has 0 saturated heterocycles. The highest BCUT2D eigenvalue weighted by Gasteiger charge is 2.07. The lowest BCUT2D eigenvalue weighted by Gasteiger charge is -2.05. The highest BCUT2D eigenvalue weighted by Crippen LogP contribution is 2.33. The van der Waals surface area contributed by atoms with Crippen molar-refractivity contribution in [2.24, 2.45) is 0 Å². The van der Waals surface area contributed by atoms with Gasteiger partial charge in [0.05, 0.1) is 30.0 Å². The van der Waals surface area contributed by atoms with Gasteiger partial charge < -0.3 is 14.8 Å². The standard InChI is InChI=1S/C18H21NO4S2/c1-3-4-11-23-18(21)19-12-15-9-10-16(25-15)24-14-7-5-13(6-8-14)17(20)22-2/h5-10H,3-4,11-12H2,1-2H3,(H,19,21). The Morgan fingerprint density at radius 3 is 2.60 bits per heavy atom. The van der Waals surface area contributed by atoms with Crippen LogP contribution in [0.1, 0.15) is 35.0 Å². The topological polar surface area (TPSA) is 64.6 Å². The van der Waals surface area contributed by atoms with Gasteiger partial charge in [0.2, 0.25) is 0 Å². The molecule has 134 valence electrons. The number of methoxy groups -OCH3 is 1. The van der Waals surface area contributed by atoms with Crippen LogP contribution < -0.4 is 5.32 Å². The van der Waals surface area contributed by atoms with Gasteiger partial charge >= 0.3 is 12.1 Å². The van der Waals surface area contributed by atoms with Gasteiger partial charge in [0.15, 0.2) is 0 Å². The van der Waals surface area contributed by atoms with Crippen LogP contribution in [-0.2, 0) is 16.0 Å². The molecule has 5 nitrogen and oxygen atoms in total. The first kappa shape index (κ1) is 19.3. The lowest BCUT2D eigenvalue weighted by atomic mass is 10.2. The average molecular weight is 380 g/mol. The second-order valence-corrected chi connectivity index (χ2v) is 7.72. The lowest BCUT2D eigenvalue weighted by Crippen LogP contribution is -2.23. The molecule has 0 bridgehead atoms. The quantitative estimate of drug-likeness (QED) is 0.531. The van der Waals surface area contributed by atoms with E-state index in [1.807, 2.05) is 24.3 Å². The van der Waals surface area contributed by atoms with Gasteiger partial charge in [-0.25, -0.2) is 9.59 Å². The van der Waals surface area contributed by atoms with Crippen LogP contribution in [-0.4, -0.2) is 25.8 Å². The van der Waals surface area contributed by atoms with E-state index in [4.69, 9.17) is 4.74 Å². The van der Waals surface area contributed by atoms with E-state index in [0.717, 1.165) is 26.8 Å². The number of carbonyl (C=O) groups is 2. The fraction of sp³-hybridized carbons (Fsp3) is 0.333. The number of ether oxygens (including phenoxy) is 2. The van der Waals surface area contributed by atoms with Crippen LogP contribution >= 0.6 is 23.1 Å². The maximum absolute atomic E-state index is 11.5. The van der Waals surface area contributed by atoms with Gasteiger partial charge in [-0.3, -0.25) is 0 Å². The van der Waals surface area contributed by atoms with E-state index in [-0.39, 0.29) is 12.1 Å². The fourth-order valence-corrected chi connectivity index (χ4v) is 4.01. The first-order valence-corrected chi connectivity index (χ1v) is 9.61. The van der Waals surface area contributed by atoms with Gasteiger partial charge in [0, 0.05) is 9.77 Å². The number of hydrogen-bond acceptors (Lipinski definition) is 6. The Kier molecular flexibility index (Phi) is 7.81. The number of hydrogen-bond donors (Lipinski definition) is 1. The maximum atomic E-state index is 11.5. The summed E-state index contributed by atoms with van der Waals surface area (Å²) in [5, 5.41) is 2.75. The molecule has 1 amide bonds. The van der Waals surface area contributed by atoms with Crippen molar-refractivity contribution in [3.8, 4) is 0 Å². The monoisotopic (exact) mass is 379 g/mol. The number of benzene rings is 1. The van der Waals surface area contributed by atoms with Crippen molar-refractivity contribution in [2.75, 3.05) is 13.7 Å². The van der Waals surface area contributed by atoms with Crippen molar-refractivity contribution < 1.29 is 19.1 Å². The molecule has 1 heterocycles. The third-order valence-electron chi connectivity index (χ3n) is 3.27. The number of unbranched alkanes of at least 4 members (excludes halogenated alkanes) is 1. The molecule has 0 unspecified atom stereocenters. The molecule has 1 aromatic heterocycles. The summed E-state index contributed by atoms with van der Waals surface area (Å²) in [5.74, 6) is -0.341. The van der Waals surface area contributed by atoms with Crippen molar-refractivity contribution in [3.63, 3.8) is 0 Å². The van der Waals surface area contributed by atoms with Crippen molar-refractivity contribution >= 4 is 35.2 Å². The molecule has 2 aromatic rings. The zero-order valence-corrected chi connectivity index (χ0v) is 15.9. The van der Waals surface area contributed by atoms with Crippen molar-refractivity contribution in [2.45, 2.75) is 35.4 Å². The van der Waals surface area contributed by atoms with E-state index in [2.05, 4.69) is 17.0 Å². The van der Waals surface area contributed by atoms with Crippen LogP contribution in [0.2, 0.25) is 0 Å². The summed E-state index contributed by atoms with van der Waals surface area (Å²) in [4.78, 5) is 25.0. The molecule has 0 saturated carbocycles. The molecular weight excluding hydrogens is 358 g/mol. The van der Waals surface area contributed by atoms with Crippen LogP contribution in [0.15, 0.2) is 45.5 Å². The van der Waals surface area contributed by atoms with Gasteiger partial charge in [0.25, 0.3) is 0 Å². The Bertz CT molecular complexity index is 697. The van der Waals surface area contributed by atoms with Gasteiger partial charge in [-0.05, 0) is 42.8 Å². The molecule has 0 spiro atoms. The molecule has 2 rings (SSSR count). The van der Waals surface area contributed by atoms with Crippen molar-refractivity contribution in [1.82, 2.24) is 5.32 Å². The lowest BCUT2D eigenvalue weighted by molar-refractivity contribution is 0.0600. The Balaban J connectivity index is 1.82. The van der Waals surface area contributed by atoms with Crippen LogP contribution in [0.3, 0.4) is 0 Å². The van der Waals surface area contributed by atoms with E-state index in [0.29, 0.717) is 18.7 Å². The Morgan fingerprint density at radius 2 is 1.92 bits per heavy atom. The second kappa shape index (κ2) is 10.1. The summed E-state index contributed by atoms with van der Waals surface area (Å²) in [5.41, 5.74) is 0.532. The van der Waals surface area contributed by atoms with Crippen LogP contribution in [0.25, 0.3) is 0 Å². The summed E-state index contributed by atoms with van der Waals surface area (Å²) in [6, 6.07) is 11.3. The Hall–Kier alpha value is -1.99. The summed E-state index contributed by atoms with van der Waals surface area (Å²) < 4.78 is 10.9. The SMILES string of the molecule is CCCCOC(=O)NCc1ccc(Sc2ccc(C(=O)OC)cc2)s1. The minimum absolute atomic E-state index is 0.341. The molecule has 25 heavy (non-hydrogen) atoms. The summed E-state index contributed by atoms with van der Waals surface area (Å²) in [6.07, 6.45) is 1.50. The molecular formula is C18H21NO4S2. The molecule has 0 aliphatic rings. The van der Waals surface area contributed by atoms with E-state index < -0.39 is 0 Å². The zero-order valence-electron chi connectivity index (χ0n) is 14.2. The van der Waals surface area contributed by atoms with E-state index >= 15 is 0 Å². The molecule has 0 aliphatic heterocycles. The van der Waals surface area contributed by atoms with E-state index in [1.165, 1.54) is 7.11 Å². The van der Waals surface area contributed by atoms with Crippen molar-refractivity contribution in [3.05, 3.63) is 46.8 Å². The van der Waals surface area contributed by atoms with Gasteiger partial charge in [0.1, 0.15) is 0 Å². The smallest absolute Gasteiger partial charge is 0.407 e. The van der Waals surface area contributed by atoms with E-state index in [9.17, 15) is 9.59 Å². The van der Waals surface area contributed by atoms with Crippen molar-refractivity contribution in [1.29, 1.82) is 0 Å². The largest absolute Gasteiger partial charge is 0.465 e. The second-order valence-electron chi connectivity index (χ2n) is 5.18. The number of alkyl carbamates (subject to hydrolysis) is 1. The molecule has 7 heteroatoms. The number of thiophene rings is 1. The van der Waals surface area contributed by atoms with Crippen LogP contribution in [0.4, 0.5) is 4.79 Å².